The second-order valence-electron chi connectivity index (χ2n) is 5.82. The van der Waals surface area contributed by atoms with Crippen molar-refractivity contribution in [1.82, 2.24) is 14.8 Å². The smallest absolute Gasteiger partial charge is 0.228 e. The topological polar surface area (TPSA) is 36.4 Å². The third-order valence-corrected chi connectivity index (χ3v) is 6.27. The summed E-state index contributed by atoms with van der Waals surface area (Å²) in [6.45, 7) is 5.95. The third-order valence-electron chi connectivity index (χ3n) is 4.30. The van der Waals surface area contributed by atoms with Gasteiger partial charge in [0.05, 0.1) is 17.1 Å². The monoisotopic (exact) mass is 325 g/mol. The van der Waals surface area contributed by atoms with Crippen LogP contribution in [0.2, 0.25) is 0 Å². The molecule has 6 heteroatoms. The standard InChI is InChI=1S/C15H23N3OS2/c1-12-16-13(10-21-12)9-15(19)18-5-2-4-17(6-7-18)14-3-8-20-11-14/h10,14H,2-9,11H2,1H3. The van der Waals surface area contributed by atoms with E-state index in [-0.39, 0.29) is 5.91 Å². The molecule has 116 valence electrons. The first-order chi connectivity index (χ1) is 10.2. The molecule has 2 saturated heterocycles. The maximum Gasteiger partial charge on any atom is 0.228 e. The van der Waals surface area contributed by atoms with Crippen LogP contribution in [0.25, 0.3) is 0 Å². The van der Waals surface area contributed by atoms with Crippen molar-refractivity contribution in [1.29, 1.82) is 0 Å². The van der Waals surface area contributed by atoms with Gasteiger partial charge in [0.2, 0.25) is 5.91 Å². The second-order valence-corrected chi connectivity index (χ2v) is 8.03. The van der Waals surface area contributed by atoms with Crippen LogP contribution in [0.5, 0.6) is 0 Å². The summed E-state index contributed by atoms with van der Waals surface area (Å²) in [7, 11) is 0. The van der Waals surface area contributed by atoms with Gasteiger partial charge in [-0.05, 0) is 25.5 Å². The van der Waals surface area contributed by atoms with Crippen LogP contribution in [0.15, 0.2) is 5.38 Å². The molecule has 21 heavy (non-hydrogen) atoms. The normalized spacial score (nSPS) is 24.2. The van der Waals surface area contributed by atoms with Gasteiger partial charge in [-0.3, -0.25) is 9.69 Å². The van der Waals surface area contributed by atoms with E-state index in [1.54, 1.807) is 11.3 Å². The number of hydrogen-bond donors (Lipinski definition) is 0. The zero-order chi connectivity index (χ0) is 14.7. The molecule has 2 fully saturated rings. The Morgan fingerprint density at radius 2 is 2.29 bits per heavy atom. The van der Waals surface area contributed by atoms with Crippen molar-refractivity contribution in [3.63, 3.8) is 0 Å². The number of aryl methyl sites for hydroxylation is 1. The Bertz CT molecular complexity index is 485. The number of rotatable bonds is 3. The van der Waals surface area contributed by atoms with Gasteiger partial charge in [-0.1, -0.05) is 0 Å². The average molecular weight is 326 g/mol. The van der Waals surface area contributed by atoms with Gasteiger partial charge in [-0.2, -0.15) is 11.8 Å². The molecule has 0 bridgehead atoms. The van der Waals surface area contributed by atoms with E-state index in [1.807, 2.05) is 17.2 Å². The zero-order valence-corrected chi connectivity index (χ0v) is 14.2. The van der Waals surface area contributed by atoms with Crippen molar-refractivity contribution in [2.24, 2.45) is 0 Å². The predicted molar refractivity (Wildman–Crippen MR) is 89.1 cm³/mol. The first-order valence-corrected chi connectivity index (χ1v) is 9.76. The minimum Gasteiger partial charge on any atom is -0.341 e. The third kappa shape index (κ3) is 3.99. The highest BCUT2D eigenvalue weighted by molar-refractivity contribution is 7.99. The van der Waals surface area contributed by atoms with Crippen LogP contribution in [0.3, 0.4) is 0 Å². The summed E-state index contributed by atoms with van der Waals surface area (Å²) < 4.78 is 0. The fourth-order valence-electron chi connectivity index (χ4n) is 3.12. The molecule has 1 aromatic heterocycles. The van der Waals surface area contributed by atoms with Crippen LogP contribution in [0.1, 0.15) is 23.5 Å². The minimum absolute atomic E-state index is 0.239. The van der Waals surface area contributed by atoms with Crippen LogP contribution >= 0.6 is 23.1 Å². The number of thioether (sulfide) groups is 1. The number of amides is 1. The Morgan fingerprint density at radius 3 is 3.00 bits per heavy atom. The molecule has 1 atom stereocenters. The second kappa shape index (κ2) is 7.11. The molecule has 0 radical (unpaired) electrons. The molecule has 0 aliphatic carbocycles. The van der Waals surface area contributed by atoms with E-state index in [0.717, 1.165) is 49.3 Å². The molecule has 3 rings (SSSR count). The lowest BCUT2D eigenvalue weighted by Crippen LogP contribution is -2.40. The largest absolute Gasteiger partial charge is 0.341 e. The molecule has 0 aromatic carbocycles. The van der Waals surface area contributed by atoms with Crippen molar-refractivity contribution < 1.29 is 4.79 Å². The lowest BCUT2D eigenvalue weighted by Gasteiger charge is -2.26. The maximum absolute atomic E-state index is 12.4. The summed E-state index contributed by atoms with van der Waals surface area (Å²) in [5.74, 6) is 2.81. The van der Waals surface area contributed by atoms with Crippen molar-refractivity contribution >= 4 is 29.0 Å². The van der Waals surface area contributed by atoms with E-state index in [0.29, 0.717) is 6.42 Å². The fourth-order valence-corrected chi connectivity index (χ4v) is 4.99. The van der Waals surface area contributed by atoms with Gasteiger partial charge in [0.25, 0.3) is 0 Å². The molecule has 1 amide bonds. The first-order valence-electron chi connectivity index (χ1n) is 7.73. The summed E-state index contributed by atoms with van der Waals surface area (Å²) in [4.78, 5) is 21.5. The molecule has 2 aliphatic heterocycles. The van der Waals surface area contributed by atoms with E-state index in [2.05, 4.69) is 21.6 Å². The molecule has 2 aliphatic rings. The van der Waals surface area contributed by atoms with E-state index in [4.69, 9.17) is 0 Å². The lowest BCUT2D eigenvalue weighted by atomic mass is 10.2. The van der Waals surface area contributed by atoms with Gasteiger partial charge in [-0.25, -0.2) is 4.98 Å². The predicted octanol–water partition coefficient (Wildman–Crippen LogP) is 2.03. The quantitative estimate of drug-likeness (QED) is 0.852. The highest BCUT2D eigenvalue weighted by atomic mass is 32.2. The Labute approximate surface area is 134 Å². The van der Waals surface area contributed by atoms with Crippen LogP contribution in [0.4, 0.5) is 0 Å². The van der Waals surface area contributed by atoms with Crippen LogP contribution in [-0.2, 0) is 11.2 Å². The van der Waals surface area contributed by atoms with Gasteiger partial charge in [0, 0.05) is 43.4 Å². The summed E-state index contributed by atoms with van der Waals surface area (Å²) in [6, 6.07) is 0.742. The highest BCUT2D eigenvalue weighted by Gasteiger charge is 2.26. The first kappa shape index (κ1) is 15.3. The number of carbonyl (C=O) groups is 1. The van der Waals surface area contributed by atoms with Gasteiger partial charge in [-0.15, -0.1) is 11.3 Å². The van der Waals surface area contributed by atoms with E-state index < -0.39 is 0 Å². The Morgan fingerprint density at radius 1 is 1.38 bits per heavy atom. The maximum atomic E-state index is 12.4. The van der Waals surface area contributed by atoms with E-state index in [1.165, 1.54) is 17.9 Å². The van der Waals surface area contributed by atoms with Crippen molar-refractivity contribution in [2.75, 3.05) is 37.7 Å². The number of aromatic nitrogens is 1. The number of hydrogen-bond acceptors (Lipinski definition) is 5. The van der Waals surface area contributed by atoms with E-state index in [9.17, 15) is 4.79 Å². The number of carbonyl (C=O) groups excluding carboxylic acids is 1. The van der Waals surface area contributed by atoms with Gasteiger partial charge in [0.15, 0.2) is 0 Å². The average Bonchev–Trinajstić information content (AvgIpc) is 3.06. The Kier molecular flexibility index (Phi) is 5.19. The van der Waals surface area contributed by atoms with Gasteiger partial charge in [0.1, 0.15) is 0 Å². The minimum atomic E-state index is 0.239. The van der Waals surface area contributed by atoms with Crippen molar-refractivity contribution in [2.45, 2.75) is 32.2 Å². The molecular formula is C15H23N3OS2. The molecular weight excluding hydrogens is 302 g/mol. The van der Waals surface area contributed by atoms with Crippen LogP contribution in [-0.4, -0.2) is 64.4 Å². The fraction of sp³-hybridized carbons (Fsp3) is 0.733. The van der Waals surface area contributed by atoms with Crippen LogP contribution in [0, 0.1) is 6.92 Å². The highest BCUT2D eigenvalue weighted by Crippen LogP contribution is 2.23. The lowest BCUT2D eigenvalue weighted by molar-refractivity contribution is -0.130. The molecule has 1 aromatic rings. The summed E-state index contributed by atoms with van der Waals surface area (Å²) in [5, 5.41) is 3.05. The Hall–Kier alpha value is -0.590. The zero-order valence-electron chi connectivity index (χ0n) is 12.6. The Balaban J connectivity index is 1.53. The molecule has 0 saturated carbocycles. The number of nitrogens with zero attached hydrogens (tertiary/aromatic N) is 3. The number of thiazole rings is 1. The molecule has 0 N–H and O–H groups in total. The summed E-state index contributed by atoms with van der Waals surface area (Å²) >= 11 is 3.69. The SMILES string of the molecule is Cc1nc(CC(=O)N2CCCN(C3CCSC3)CC2)cs1. The van der Waals surface area contributed by atoms with Crippen molar-refractivity contribution in [3.05, 3.63) is 16.1 Å². The van der Waals surface area contributed by atoms with Crippen LogP contribution < -0.4 is 0 Å². The van der Waals surface area contributed by atoms with Crippen molar-refractivity contribution in [3.8, 4) is 0 Å². The van der Waals surface area contributed by atoms with Gasteiger partial charge < -0.3 is 4.90 Å². The molecule has 4 nitrogen and oxygen atoms in total. The molecule has 0 spiro atoms. The summed E-state index contributed by atoms with van der Waals surface area (Å²) in [6.07, 6.45) is 2.88. The summed E-state index contributed by atoms with van der Waals surface area (Å²) in [5.41, 5.74) is 0.927. The molecule has 3 heterocycles. The van der Waals surface area contributed by atoms with E-state index >= 15 is 0 Å². The molecule has 1 unspecified atom stereocenters. The van der Waals surface area contributed by atoms with Gasteiger partial charge >= 0.3 is 0 Å².